The van der Waals surface area contributed by atoms with Gasteiger partial charge in [-0.1, -0.05) is 13.8 Å². The molecule has 2 heterocycles. The van der Waals surface area contributed by atoms with Crippen molar-refractivity contribution < 1.29 is 0 Å². The van der Waals surface area contributed by atoms with Crippen LogP contribution in [0.5, 0.6) is 0 Å². The van der Waals surface area contributed by atoms with Gasteiger partial charge in [-0.25, -0.2) is 4.98 Å². The molecule has 1 aliphatic rings. The molecule has 3 heteroatoms. The van der Waals surface area contributed by atoms with Crippen LogP contribution in [0.15, 0.2) is 18.3 Å². The van der Waals surface area contributed by atoms with E-state index in [0.717, 1.165) is 36.4 Å². The summed E-state index contributed by atoms with van der Waals surface area (Å²) in [5.41, 5.74) is 1.10. The lowest BCUT2D eigenvalue weighted by Crippen LogP contribution is -2.39. The van der Waals surface area contributed by atoms with Gasteiger partial charge in [0, 0.05) is 19.1 Å². The molecule has 1 aromatic rings. The van der Waals surface area contributed by atoms with Crippen LogP contribution < -0.4 is 10.2 Å². The Balaban J connectivity index is 2.04. The Bertz CT molecular complexity index is 362. The quantitative estimate of drug-likeness (QED) is 0.887. The van der Waals surface area contributed by atoms with E-state index in [0.29, 0.717) is 6.04 Å². The van der Waals surface area contributed by atoms with Crippen molar-refractivity contribution in [3.05, 3.63) is 18.3 Å². The van der Waals surface area contributed by atoms with Gasteiger partial charge in [-0.05, 0) is 44.2 Å². The number of nitrogens with zero attached hydrogens (tertiary/aromatic N) is 2. The Morgan fingerprint density at radius 1 is 1.22 bits per heavy atom. The molecule has 2 atom stereocenters. The van der Waals surface area contributed by atoms with Gasteiger partial charge < -0.3 is 10.2 Å². The third-order valence-corrected chi connectivity index (χ3v) is 3.40. The Kier molecular flexibility index (Phi) is 4.10. The first kappa shape index (κ1) is 13.2. The molecule has 1 N–H and O–H groups in total. The van der Waals surface area contributed by atoms with Gasteiger partial charge in [0.25, 0.3) is 0 Å². The maximum atomic E-state index is 4.59. The minimum Gasteiger partial charge on any atom is -0.382 e. The van der Waals surface area contributed by atoms with Gasteiger partial charge in [-0.3, -0.25) is 0 Å². The molecule has 2 unspecified atom stereocenters. The van der Waals surface area contributed by atoms with Crippen LogP contribution in [0.25, 0.3) is 0 Å². The molecule has 1 saturated heterocycles. The van der Waals surface area contributed by atoms with E-state index in [2.05, 4.69) is 55.0 Å². The zero-order valence-electron chi connectivity index (χ0n) is 12.0. The summed E-state index contributed by atoms with van der Waals surface area (Å²) in [7, 11) is 0. The number of rotatable bonds is 3. The minimum absolute atomic E-state index is 0.452. The highest BCUT2D eigenvalue weighted by Gasteiger charge is 2.22. The second-order valence-corrected chi connectivity index (χ2v) is 6.06. The average Bonchev–Trinajstić information content (AvgIpc) is 2.27. The van der Waals surface area contributed by atoms with Crippen LogP contribution in [-0.4, -0.2) is 24.1 Å². The van der Waals surface area contributed by atoms with E-state index < -0.39 is 0 Å². The Hall–Kier alpha value is -1.25. The molecule has 0 spiro atoms. The molecule has 3 nitrogen and oxygen atoms in total. The van der Waals surface area contributed by atoms with Gasteiger partial charge >= 0.3 is 0 Å². The number of aromatic nitrogens is 1. The van der Waals surface area contributed by atoms with E-state index in [-0.39, 0.29) is 0 Å². The highest BCUT2D eigenvalue weighted by atomic mass is 15.2. The maximum Gasteiger partial charge on any atom is 0.128 e. The van der Waals surface area contributed by atoms with E-state index in [1.165, 1.54) is 6.42 Å². The summed E-state index contributed by atoms with van der Waals surface area (Å²) in [6.07, 6.45) is 3.28. The summed E-state index contributed by atoms with van der Waals surface area (Å²) in [6.45, 7) is 11.2. The normalized spacial score (nSPS) is 24.4. The van der Waals surface area contributed by atoms with Gasteiger partial charge in [-0.15, -0.1) is 0 Å². The predicted molar refractivity (Wildman–Crippen MR) is 78.2 cm³/mol. The van der Waals surface area contributed by atoms with Gasteiger partial charge in [-0.2, -0.15) is 0 Å². The molecule has 0 aliphatic carbocycles. The summed E-state index contributed by atoms with van der Waals surface area (Å²) in [5, 5.41) is 3.37. The summed E-state index contributed by atoms with van der Waals surface area (Å²) in [5.74, 6) is 2.65. The van der Waals surface area contributed by atoms with Crippen molar-refractivity contribution in [1.82, 2.24) is 4.98 Å². The van der Waals surface area contributed by atoms with Crippen molar-refractivity contribution >= 4 is 11.5 Å². The fourth-order valence-electron chi connectivity index (χ4n) is 2.84. The highest BCUT2D eigenvalue weighted by molar-refractivity contribution is 5.49. The number of nitrogens with one attached hydrogen (secondary N) is 1. The summed E-state index contributed by atoms with van der Waals surface area (Å²) < 4.78 is 0. The molecule has 1 aliphatic heterocycles. The smallest absolute Gasteiger partial charge is 0.128 e. The third kappa shape index (κ3) is 3.37. The molecule has 1 aromatic heterocycles. The number of hydrogen-bond acceptors (Lipinski definition) is 3. The molecule has 0 aromatic carbocycles. The third-order valence-electron chi connectivity index (χ3n) is 3.40. The lowest BCUT2D eigenvalue weighted by Gasteiger charge is -2.35. The van der Waals surface area contributed by atoms with Crippen molar-refractivity contribution in [2.75, 3.05) is 23.3 Å². The van der Waals surface area contributed by atoms with Crippen LogP contribution in [0.3, 0.4) is 0 Å². The first-order valence-corrected chi connectivity index (χ1v) is 7.02. The molecular weight excluding hydrogens is 222 g/mol. The topological polar surface area (TPSA) is 28.2 Å². The monoisotopic (exact) mass is 247 g/mol. The number of hydrogen-bond donors (Lipinski definition) is 1. The molecule has 100 valence electrons. The predicted octanol–water partition coefficient (Wildman–Crippen LogP) is 3.38. The molecule has 18 heavy (non-hydrogen) atoms. The highest BCUT2D eigenvalue weighted by Crippen LogP contribution is 2.25. The molecular formula is C15H25N3. The molecule has 0 amide bonds. The van der Waals surface area contributed by atoms with Crippen molar-refractivity contribution in [2.24, 2.45) is 11.8 Å². The van der Waals surface area contributed by atoms with Crippen LogP contribution in [0.2, 0.25) is 0 Å². The molecule has 1 fully saturated rings. The van der Waals surface area contributed by atoms with E-state index in [9.17, 15) is 0 Å². The van der Waals surface area contributed by atoms with E-state index in [1.54, 1.807) is 0 Å². The van der Waals surface area contributed by atoms with Crippen LogP contribution in [0.1, 0.15) is 34.1 Å². The zero-order valence-corrected chi connectivity index (χ0v) is 12.0. The fourth-order valence-corrected chi connectivity index (χ4v) is 2.84. The number of piperidine rings is 1. The van der Waals surface area contributed by atoms with Crippen molar-refractivity contribution in [3.63, 3.8) is 0 Å². The second kappa shape index (κ2) is 5.59. The summed E-state index contributed by atoms with van der Waals surface area (Å²) in [4.78, 5) is 7.00. The SMILES string of the molecule is CC1CC(C)CN(c2ccc(NC(C)C)cn2)C1. The van der Waals surface area contributed by atoms with Crippen molar-refractivity contribution in [3.8, 4) is 0 Å². The van der Waals surface area contributed by atoms with Gasteiger partial charge in [0.1, 0.15) is 5.82 Å². The molecule has 0 saturated carbocycles. The largest absolute Gasteiger partial charge is 0.382 e. The van der Waals surface area contributed by atoms with E-state index in [1.807, 2.05) is 6.20 Å². The second-order valence-electron chi connectivity index (χ2n) is 6.06. The maximum absolute atomic E-state index is 4.59. The number of anilines is 2. The van der Waals surface area contributed by atoms with Crippen LogP contribution >= 0.6 is 0 Å². The molecule has 0 radical (unpaired) electrons. The first-order chi connectivity index (χ1) is 8.54. The van der Waals surface area contributed by atoms with Crippen molar-refractivity contribution in [2.45, 2.75) is 40.2 Å². The molecule has 2 rings (SSSR count). The Morgan fingerprint density at radius 3 is 2.39 bits per heavy atom. The van der Waals surface area contributed by atoms with Crippen LogP contribution in [0.4, 0.5) is 11.5 Å². The van der Waals surface area contributed by atoms with Crippen LogP contribution in [0, 0.1) is 11.8 Å². The standard InChI is InChI=1S/C15H25N3/c1-11(2)17-14-5-6-15(16-8-14)18-9-12(3)7-13(4)10-18/h5-6,8,11-13,17H,7,9-10H2,1-4H3. The van der Waals surface area contributed by atoms with Gasteiger partial charge in [0.05, 0.1) is 11.9 Å². The Morgan fingerprint density at radius 2 is 1.89 bits per heavy atom. The average molecular weight is 247 g/mol. The first-order valence-electron chi connectivity index (χ1n) is 7.02. The van der Waals surface area contributed by atoms with E-state index >= 15 is 0 Å². The number of pyridine rings is 1. The molecule has 0 bridgehead atoms. The van der Waals surface area contributed by atoms with E-state index in [4.69, 9.17) is 0 Å². The fraction of sp³-hybridized carbons (Fsp3) is 0.667. The van der Waals surface area contributed by atoms with Crippen molar-refractivity contribution in [1.29, 1.82) is 0 Å². The minimum atomic E-state index is 0.452. The Labute approximate surface area is 111 Å². The van der Waals surface area contributed by atoms with Gasteiger partial charge in [0.15, 0.2) is 0 Å². The summed E-state index contributed by atoms with van der Waals surface area (Å²) in [6, 6.07) is 4.72. The van der Waals surface area contributed by atoms with Crippen LogP contribution in [-0.2, 0) is 0 Å². The summed E-state index contributed by atoms with van der Waals surface area (Å²) >= 11 is 0. The zero-order chi connectivity index (χ0) is 13.1. The lowest BCUT2D eigenvalue weighted by atomic mass is 9.92. The van der Waals surface area contributed by atoms with Gasteiger partial charge in [0.2, 0.25) is 0 Å². The lowest BCUT2D eigenvalue weighted by molar-refractivity contribution is 0.355.